The molecule has 0 unspecified atom stereocenters. The number of aromatic nitrogens is 3. The molecular weight excluding hydrogens is 315 g/mol. The molecule has 0 amide bonds. The van der Waals surface area contributed by atoms with Crippen LogP contribution in [0.2, 0.25) is 0 Å². The predicted molar refractivity (Wildman–Crippen MR) is 94.8 cm³/mol. The maximum Gasteiger partial charge on any atom is 0.123 e. The Morgan fingerprint density at radius 2 is 1.96 bits per heavy atom. The molecule has 0 radical (unpaired) electrons. The summed E-state index contributed by atoms with van der Waals surface area (Å²) in [6.45, 7) is 1.95. The third kappa shape index (κ3) is 3.61. The Bertz CT molecular complexity index is 813. The fourth-order valence-corrected chi connectivity index (χ4v) is 3.54. The molecular formula is C20H21FN4. The highest BCUT2D eigenvalue weighted by atomic mass is 19.1. The van der Waals surface area contributed by atoms with Crippen molar-refractivity contribution < 1.29 is 4.39 Å². The van der Waals surface area contributed by atoms with Gasteiger partial charge >= 0.3 is 0 Å². The number of hydrogen-bond acceptors (Lipinski definition) is 3. The van der Waals surface area contributed by atoms with Crippen molar-refractivity contribution in [3.8, 4) is 5.69 Å². The molecule has 3 aromatic rings. The van der Waals surface area contributed by atoms with Crippen molar-refractivity contribution in [1.29, 1.82) is 0 Å². The minimum Gasteiger partial charge on any atom is -0.292 e. The molecule has 1 fully saturated rings. The second kappa shape index (κ2) is 7.15. The molecule has 4 nitrogen and oxygen atoms in total. The zero-order valence-corrected chi connectivity index (χ0v) is 14.1. The summed E-state index contributed by atoms with van der Waals surface area (Å²) in [5.41, 5.74) is 3.32. The van der Waals surface area contributed by atoms with Crippen LogP contribution in [0.15, 0.2) is 61.2 Å². The van der Waals surface area contributed by atoms with E-state index in [1.807, 2.05) is 30.9 Å². The number of halogens is 1. The monoisotopic (exact) mass is 336 g/mol. The topological polar surface area (TPSA) is 34.0 Å². The van der Waals surface area contributed by atoms with Gasteiger partial charge in [0, 0.05) is 36.7 Å². The van der Waals surface area contributed by atoms with Crippen LogP contribution in [0, 0.1) is 5.82 Å². The smallest absolute Gasteiger partial charge is 0.123 e. The number of pyridine rings is 1. The van der Waals surface area contributed by atoms with Crippen molar-refractivity contribution in [2.45, 2.75) is 31.8 Å². The first-order valence-electron chi connectivity index (χ1n) is 8.73. The predicted octanol–water partition coefficient (Wildman–Crippen LogP) is 4.13. The van der Waals surface area contributed by atoms with E-state index < -0.39 is 0 Å². The number of hydrogen-bond donors (Lipinski definition) is 0. The molecule has 0 saturated carbocycles. The lowest BCUT2D eigenvalue weighted by Gasteiger charge is -2.35. The summed E-state index contributed by atoms with van der Waals surface area (Å²) in [5.74, 6) is -0.233. The number of rotatable bonds is 4. The van der Waals surface area contributed by atoms with Gasteiger partial charge in [-0.3, -0.25) is 9.88 Å². The van der Waals surface area contributed by atoms with Gasteiger partial charge in [0.2, 0.25) is 0 Å². The van der Waals surface area contributed by atoms with Crippen molar-refractivity contribution in [1.82, 2.24) is 19.7 Å². The van der Waals surface area contributed by atoms with Crippen LogP contribution in [0.5, 0.6) is 0 Å². The van der Waals surface area contributed by atoms with Crippen molar-refractivity contribution in [3.63, 3.8) is 0 Å². The molecule has 1 saturated heterocycles. The SMILES string of the molecule is Fc1ccc(-n2cc(CN3CCCC[C@H]3c3cccnc3)cn2)cc1. The van der Waals surface area contributed by atoms with Gasteiger partial charge in [-0.2, -0.15) is 5.10 Å². The van der Waals surface area contributed by atoms with Crippen molar-refractivity contribution in [2.24, 2.45) is 0 Å². The number of nitrogens with zero attached hydrogens (tertiary/aromatic N) is 4. The molecule has 5 heteroatoms. The zero-order chi connectivity index (χ0) is 17.1. The normalized spacial score (nSPS) is 18.4. The standard InChI is InChI=1S/C20H21FN4/c21-18-6-8-19(9-7-18)25-15-16(12-23-25)14-24-11-2-1-5-20(24)17-4-3-10-22-13-17/h3-4,6-10,12-13,15,20H,1-2,5,11,14H2/t20-/m0/s1. The molecule has 1 aliphatic heterocycles. The van der Waals surface area contributed by atoms with Crippen LogP contribution in [-0.2, 0) is 6.54 Å². The van der Waals surface area contributed by atoms with Crippen LogP contribution in [-0.4, -0.2) is 26.2 Å². The van der Waals surface area contributed by atoms with Crippen LogP contribution in [0.3, 0.4) is 0 Å². The van der Waals surface area contributed by atoms with E-state index in [9.17, 15) is 4.39 Å². The van der Waals surface area contributed by atoms with Crippen LogP contribution in [0.4, 0.5) is 4.39 Å². The molecule has 2 aromatic heterocycles. The Morgan fingerprint density at radius 1 is 1.08 bits per heavy atom. The number of likely N-dealkylation sites (tertiary alicyclic amines) is 1. The van der Waals surface area contributed by atoms with E-state index >= 15 is 0 Å². The van der Waals surface area contributed by atoms with Crippen molar-refractivity contribution in [3.05, 3.63) is 78.1 Å². The van der Waals surface area contributed by atoms with E-state index in [2.05, 4.69) is 21.0 Å². The Labute approximate surface area is 146 Å². The van der Waals surface area contributed by atoms with E-state index in [1.54, 1.807) is 16.8 Å². The summed E-state index contributed by atoms with van der Waals surface area (Å²) in [6, 6.07) is 11.0. The highest BCUT2D eigenvalue weighted by Gasteiger charge is 2.24. The first-order valence-corrected chi connectivity index (χ1v) is 8.73. The fourth-order valence-electron chi connectivity index (χ4n) is 3.54. The number of piperidine rings is 1. The highest BCUT2D eigenvalue weighted by Crippen LogP contribution is 2.31. The first-order chi connectivity index (χ1) is 12.3. The van der Waals surface area contributed by atoms with E-state index in [1.165, 1.54) is 36.1 Å². The van der Waals surface area contributed by atoms with Gasteiger partial charge in [-0.1, -0.05) is 12.5 Å². The summed E-state index contributed by atoms with van der Waals surface area (Å²) >= 11 is 0. The Kier molecular flexibility index (Phi) is 4.57. The lowest BCUT2D eigenvalue weighted by molar-refractivity contribution is 0.140. The van der Waals surface area contributed by atoms with Gasteiger partial charge in [0.15, 0.2) is 0 Å². The summed E-state index contributed by atoms with van der Waals surface area (Å²) in [6.07, 6.45) is 11.4. The molecule has 0 aliphatic carbocycles. The molecule has 1 aliphatic rings. The zero-order valence-electron chi connectivity index (χ0n) is 14.1. The van der Waals surface area contributed by atoms with E-state index in [-0.39, 0.29) is 5.82 Å². The van der Waals surface area contributed by atoms with Crippen LogP contribution in [0.1, 0.15) is 36.4 Å². The van der Waals surface area contributed by atoms with Gasteiger partial charge in [-0.25, -0.2) is 9.07 Å². The average Bonchev–Trinajstić information content (AvgIpc) is 3.12. The summed E-state index contributed by atoms with van der Waals surface area (Å²) in [5, 5.41) is 4.43. The second-order valence-corrected chi connectivity index (χ2v) is 6.54. The quantitative estimate of drug-likeness (QED) is 0.718. The van der Waals surface area contributed by atoms with Gasteiger partial charge < -0.3 is 0 Å². The molecule has 4 rings (SSSR count). The summed E-state index contributed by atoms with van der Waals surface area (Å²) in [7, 11) is 0. The molecule has 0 bridgehead atoms. The second-order valence-electron chi connectivity index (χ2n) is 6.54. The largest absolute Gasteiger partial charge is 0.292 e. The van der Waals surface area contributed by atoms with Crippen molar-refractivity contribution >= 4 is 0 Å². The van der Waals surface area contributed by atoms with Gasteiger partial charge in [0.05, 0.1) is 11.9 Å². The Balaban J connectivity index is 1.51. The highest BCUT2D eigenvalue weighted by molar-refractivity contribution is 5.31. The summed E-state index contributed by atoms with van der Waals surface area (Å²) < 4.78 is 14.9. The first kappa shape index (κ1) is 16.0. The maximum absolute atomic E-state index is 13.1. The van der Waals surface area contributed by atoms with Crippen LogP contribution in [0.25, 0.3) is 5.69 Å². The minimum atomic E-state index is -0.233. The molecule has 0 spiro atoms. The molecule has 25 heavy (non-hydrogen) atoms. The Morgan fingerprint density at radius 3 is 2.76 bits per heavy atom. The van der Waals surface area contributed by atoms with Gasteiger partial charge in [0.25, 0.3) is 0 Å². The average molecular weight is 336 g/mol. The molecule has 0 N–H and O–H groups in total. The third-order valence-corrected chi connectivity index (χ3v) is 4.80. The number of benzene rings is 1. The summed E-state index contributed by atoms with van der Waals surface area (Å²) in [4.78, 5) is 6.78. The van der Waals surface area contributed by atoms with Crippen LogP contribution < -0.4 is 0 Å². The minimum absolute atomic E-state index is 0.233. The molecule has 1 atom stereocenters. The fraction of sp³-hybridized carbons (Fsp3) is 0.300. The van der Waals surface area contributed by atoms with Crippen LogP contribution >= 0.6 is 0 Å². The van der Waals surface area contributed by atoms with E-state index in [4.69, 9.17) is 0 Å². The maximum atomic E-state index is 13.1. The molecule has 1 aromatic carbocycles. The van der Waals surface area contributed by atoms with E-state index in [0.717, 1.165) is 25.2 Å². The Hall–Kier alpha value is -2.53. The third-order valence-electron chi connectivity index (χ3n) is 4.80. The van der Waals surface area contributed by atoms with Crippen molar-refractivity contribution in [2.75, 3.05) is 6.54 Å². The van der Waals surface area contributed by atoms with Gasteiger partial charge in [0.1, 0.15) is 5.82 Å². The lowest BCUT2D eigenvalue weighted by Crippen LogP contribution is -2.32. The van der Waals surface area contributed by atoms with Gasteiger partial charge in [-0.05, 0) is 55.3 Å². The molecule has 128 valence electrons. The van der Waals surface area contributed by atoms with E-state index in [0.29, 0.717) is 6.04 Å². The lowest BCUT2D eigenvalue weighted by atomic mass is 9.96. The van der Waals surface area contributed by atoms with Gasteiger partial charge in [-0.15, -0.1) is 0 Å². The molecule has 3 heterocycles.